The fourth-order valence-corrected chi connectivity index (χ4v) is 3.79. The quantitative estimate of drug-likeness (QED) is 0.684. The van der Waals surface area contributed by atoms with E-state index < -0.39 is 40.7 Å². The Morgan fingerprint density at radius 2 is 2.06 bits per heavy atom. The summed E-state index contributed by atoms with van der Waals surface area (Å²) in [6.45, 7) is 1.90. The molecule has 2 fully saturated rings. The number of hydrogen-bond acceptors (Lipinski definition) is 6. The molecular formula is C18H18F5N5O3. The van der Waals surface area contributed by atoms with Gasteiger partial charge in [-0.3, -0.25) is 9.59 Å². The van der Waals surface area contributed by atoms with Crippen LogP contribution in [0.5, 0.6) is 0 Å². The zero-order chi connectivity index (χ0) is 22.6. The molecule has 1 saturated carbocycles. The van der Waals surface area contributed by atoms with Gasteiger partial charge in [0.2, 0.25) is 5.91 Å². The van der Waals surface area contributed by atoms with Crippen LogP contribution in [0.4, 0.5) is 28.0 Å². The summed E-state index contributed by atoms with van der Waals surface area (Å²) in [5, 5.41) is 10.0. The Bertz CT molecular complexity index is 1070. The van der Waals surface area contributed by atoms with E-state index in [1.165, 1.54) is 4.90 Å². The Balaban J connectivity index is 1.46. The Morgan fingerprint density at radius 3 is 2.61 bits per heavy atom. The van der Waals surface area contributed by atoms with Gasteiger partial charge in [-0.1, -0.05) is 12.0 Å². The molecule has 0 aromatic carbocycles. The maximum Gasteiger partial charge on any atom is 0.431 e. The highest BCUT2D eigenvalue weighted by Gasteiger charge is 2.73. The smallest absolute Gasteiger partial charge is 0.403 e. The minimum atomic E-state index is -4.72. The summed E-state index contributed by atoms with van der Waals surface area (Å²) in [7, 11) is 0. The molecule has 1 aliphatic carbocycles. The first-order valence-corrected chi connectivity index (χ1v) is 9.53. The number of nitrogens with zero attached hydrogens (tertiary/aromatic N) is 3. The highest BCUT2D eigenvalue weighted by Crippen LogP contribution is 2.65. The Kier molecular flexibility index (Phi) is 4.81. The Hall–Kier alpha value is -2.99. The minimum Gasteiger partial charge on any atom is -0.403 e. The first-order valence-electron chi connectivity index (χ1n) is 9.53. The van der Waals surface area contributed by atoms with Gasteiger partial charge in [-0.15, -0.1) is 5.10 Å². The molecule has 4 rings (SSSR count). The zero-order valence-corrected chi connectivity index (χ0v) is 16.2. The van der Waals surface area contributed by atoms with Gasteiger partial charge in [0.25, 0.3) is 17.4 Å². The predicted octanol–water partition coefficient (Wildman–Crippen LogP) is 2.89. The first kappa shape index (κ1) is 21.2. The van der Waals surface area contributed by atoms with Crippen molar-refractivity contribution in [3.05, 3.63) is 28.2 Å². The molecule has 1 spiro atoms. The lowest BCUT2D eigenvalue weighted by Gasteiger charge is -2.22. The van der Waals surface area contributed by atoms with Crippen molar-refractivity contribution < 1.29 is 31.2 Å². The van der Waals surface area contributed by atoms with Crippen LogP contribution in [0.3, 0.4) is 0 Å². The van der Waals surface area contributed by atoms with Crippen molar-refractivity contribution in [3.63, 3.8) is 0 Å². The van der Waals surface area contributed by atoms with Crippen molar-refractivity contribution in [3.8, 4) is 11.5 Å². The molecule has 2 aromatic heterocycles. The molecule has 168 valence electrons. The van der Waals surface area contributed by atoms with Crippen LogP contribution in [-0.2, 0) is 11.0 Å². The molecule has 2 aromatic rings. The second kappa shape index (κ2) is 7.02. The van der Waals surface area contributed by atoms with E-state index in [2.05, 4.69) is 15.5 Å². The summed E-state index contributed by atoms with van der Waals surface area (Å²) in [5.41, 5.74) is -3.69. The standard InChI is InChI=1S/C18H18F5N5O3/c1-2-10(14(30)28-6-5-16(8-28)7-17(16,19)20)24-15-27-26-13(31-15)9-3-4-11(18(21,22)23)25-12(9)29/h3-4,10H,2,5-8H2,1H3,(H,24,27)(H,25,29). The van der Waals surface area contributed by atoms with Crippen LogP contribution in [0.15, 0.2) is 21.3 Å². The van der Waals surface area contributed by atoms with E-state index in [0.29, 0.717) is 6.07 Å². The fraction of sp³-hybridized carbons (Fsp3) is 0.556. The van der Waals surface area contributed by atoms with E-state index in [0.717, 1.165) is 6.07 Å². The molecule has 3 heterocycles. The van der Waals surface area contributed by atoms with Crippen LogP contribution in [0.2, 0.25) is 0 Å². The molecule has 0 radical (unpaired) electrons. The number of halogens is 5. The predicted molar refractivity (Wildman–Crippen MR) is 96.3 cm³/mol. The maximum atomic E-state index is 13.6. The number of nitrogens with one attached hydrogen (secondary N) is 2. The van der Waals surface area contributed by atoms with E-state index >= 15 is 0 Å². The number of amides is 1. The number of pyridine rings is 1. The topological polar surface area (TPSA) is 104 Å². The van der Waals surface area contributed by atoms with Gasteiger partial charge in [0.1, 0.15) is 17.3 Å². The third-order valence-corrected chi connectivity index (χ3v) is 5.75. The number of rotatable bonds is 5. The van der Waals surface area contributed by atoms with Crippen molar-refractivity contribution in [1.29, 1.82) is 0 Å². The van der Waals surface area contributed by atoms with Gasteiger partial charge >= 0.3 is 12.2 Å². The molecule has 2 unspecified atom stereocenters. The van der Waals surface area contributed by atoms with Crippen LogP contribution in [-0.4, -0.2) is 51.0 Å². The molecule has 1 amide bonds. The minimum absolute atomic E-state index is 0.0208. The second-order valence-electron chi connectivity index (χ2n) is 7.80. The molecule has 31 heavy (non-hydrogen) atoms. The summed E-state index contributed by atoms with van der Waals surface area (Å²) in [5.74, 6) is -3.47. The summed E-state index contributed by atoms with van der Waals surface area (Å²) in [6.07, 6.45) is -4.41. The van der Waals surface area contributed by atoms with Crippen molar-refractivity contribution in [2.45, 2.75) is 44.3 Å². The van der Waals surface area contributed by atoms with Crippen molar-refractivity contribution in [2.24, 2.45) is 5.41 Å². The van der Waals surface area contributed by atoms with Gasteiger partial charge in [-0.2, -0.15) is 13.2 Å². The van der Waals surface area contributed by atoms with Gasteiger partial charge in [-0.25, -0.2) is 8.78 Å². The van der Waals surface area contributed by atoms with Crippen LogP contribution in [0.1, 0.15) is 31.9 Å². The SMILES string of the molecule is CCC(Nc1nnc(-c2ccc(C(F)(F)F)[nH]c2=O)o1)C(=O)N1CCC2(C1)CC2(F)F. The molecule has 13 heteroatoms. The lowest BCUT2D eigenvalue weighted by Crippen LogP contribution is -2.42. The number of carbonyl (C=O) groups is 1. The van der Waals surface area contributed by atoms with Gasteiger partial charge in [0.15, 0.2) is 0 Å². The number of carbonyl (C=O) groups excluding carboxylic acids is 1. The fourth-order valence-electron chi connectivity index (χ4n) is 3.79. The number of aromatic nitrogens is 3. The largest absolute Gasteiger partial charge is 0.431 e. The zero-order valence-electron chi connectivity index (χ0n) is 16.2. The molecule has 1 aliphatic heterocycles. The van der Waals surface area contributed by atoms with E-state index in [9.17, 15) is 31.5 Å². The van der Waals surface area contributed by atoms with E-state index in [4.69, 9.17) is 4.42 Å². The van der Waals surface area contributed by atoms with Gasteiger partial charge in [-0.05, 0) is 25.0 Å². The van der Waals surface area contributed by atoms with Crippen LogP contribution < -0.4 is 10.9 Å². The number of anilines is 1. The van der Waals surface area contributed by atoms with E-state index in [1.807, 2.05) is 0 Å². The molecule has 0 bridgehead atoms. The van der Waals surface area contributed by atoms with E-state index in [-0.39, 0.29) is 49.8 Å². The van der Waals surface area contributed by atoms with Crippen LogP contribution in [0.25, 0.3) is 11.5 Å². The number of aromatic amines is 1. The summed E-state index contributed by atoms with van der Waals surface area (Å²) in [4.78, 5) is 27.8. The van der Waals surface area contributed by atoms with Crippen LogP contribution in [0, 0.1) is 5.41 Å². The van der Waals surface area contributed by atoms with Crippen molar-refractivity contribution in [1.82, 2.24) is 20.1 Å². The molecule has 1 saturated heterocycles. The number of alkyl halides is 5. The van der Waals surface area contributed by atoms with Crippen LogP contribution >= 0.6 is 0 Å². The number of hydrogen-bond donors (Lipinski definition) is 2. The average Bonchev–Trinajstić information content (AvgIpc) is 3.07. The second-order valence-corrected chi connectivity index (χ2v) is 7.80. The van der Waals surface area contributed by atoms with Gasteiger partial charge < -0.3 is 19.6 Å². The third-order valence-electron chi connectivity index (χ3n) is 5.75. The Labute approximate surface area is 171 Å². The van der Waals surface area contributed by atoms with Crippen molar-refractivity contribution in [2.75, 3.05) is 18.4 Å². The maximum absolute atomic E-state index is 13.6. The Morgan fingerprint density at radius 1 is 1.35 bits per heavy atom. The monoisotopic (exact) mass is 447 g/mol. The summed E-state index contributed by atoms with van der Waals surface area (Å²) in [6, 6.07) is 0.520. The van der Waals surface area contributed by atoms with Crippen molar-refractivity contribution >= 4 is 11.9 Å². The summed E-state index contributed by atoms with van der Waals surface area (Å²) < 4.78 is 70.5. The molecule has 2 atom stereocenters. The third kappa shape index (κ3) is 3.76. The number of H-pyrrole nitrogens is 1. The molecule has 2 aliphatic rings. The van der Waals surface area contributed by atoms with Gasteiger partial charge in [0.05, 0.1) is 5.41 Å². The van der Waals surface area contributed by atoms with E-state index in [1.54, 1.807) is 11.9 Å². The first-order chi connectivity index (χ1) is 14.5. The summed E-state index contributed by atoms with van der Waals surface area (Å²) >= 11 is 0. The molecular weight excluding hydrogens is 429 g/mol. The lowest BCUT2D eigenvalue weighted by molar-refractivity contribution is -0.141. The molecule has 8 nitrogen and oxygen atoms in total. The highest BCUT2D eigenvalue weighted by atomic mass is 19.4. The average molecular weight is 447 g/mol. The molecule has 2 N–H and O–H groups in total. The van der Waals surface area contributed by atoms with Gasteiger partial charge in [0, 0.05) is 19.5 Å². The normalized spacial score (nSPS) is 23.2. The number of likely N-dealkylation sites (tertiary alicyclic amines) is 1. The lowest BCUT2D eigenvalue weighted by atomic mass is 10.1. The highest BCUT2D eigenvalue weighted by molar-refractivity contribution is 5.84.